The topological polar surface area (TPSA) is 89.9 Å². The van der Waals surface area contributed by atoms with E-state index in [1.165, 1.54) is 0 Å². The van der Waals surface area contributed by atoms with Crippen molar-refractivity contribution in [2.45, 2.75) is 0 Å². The fourth-order valence-corrected chi connectivity index (χ4v) is 2.93. The molecule has 0 unspecified atom stereocenters. The second kappa shape index (κ2) is 8.53. The molecule has 29 heavy (non-hydrogen) atoms. The molecule has 0 atom stereocenters. The molecule has 0 aliphatic carbocycles. The standard InChI is InChI=1S/C22H19N5O2/c1-29-13-12-25-22(28)15-8-9-16-19(14-15)27-21(18-7-3-5-11-24-18)20(26-16)17-6-2-4-10-23-17/h2-11,14H,12-13H2,1H3,(H,25,28). The van der Waals surface area contributed by atoms with Crippen molar-refractivity contribution in [3.05, 3.63) is 72.6 Å². The Morgan fingerprint density at radius 2 is 1.55 bits per heavy atom. The Labute approximate surface area is 167 Å². The first-order chi connectivity index (χ1) is 14.3. The molecule has 7 nitrogen and oxygen atoms in total. The highest BCUT2D eigenvalue weighted by Crippen LogP contribution is 2.28. The van der Waals surface area contributed by atoms with Gasteiger partial charge in [-0.3, -0.25) is 14.8 Å². The molecular formula is C22H19N5O2. The summed E-state index contributed by atoms with van der Waals surface area (Å²) >= 11 is 0. The number of hydrogen-bond donors (Lipinski definition) is 1. The van der Waals surface area contributed by atoms with Gasteiger partial charge in [-0.05, 0) is 42.5 Å². The van der Waals surface area contributed by atoms with E-state index >= 15 is 0 Å². The van der Waals surface area contributed by atoms with E-state index in [0.29, 0.717) is 52.5 Å². The van der Waals surface area contributed by atoms with E-state index < -0.39 is 0 Å². The van der Waals surface area contributed by atoms with Crippen LogP contribution < -0.4 is 5.32 Å². The van der Waals surface area contributed by atoms with Crippen molar-refractivity contribution in [3.8, 4) is 22.8 Å². The van der Waals surface area contributed by atoms with Crippen LogP contribution in [0.4, 0.5) is 0 Å². The summed E-state index contributed by atoms with van der Waals surface area (Å²) in [7, 11) is 1.59. The van der Waals surface area contributed by atoms with Crippen LogP contribution in [0, 0.1) is 0 Å². The molecule has 1 N–H and O–H groups in total. The molecular weight excluding hydrogens is 366 g/mol. The van der Waals surface area contributed by atoms with E-state index in [2.05, 4.69) is 15.3 Å². The molecule has 3 aromatic heterocycles. The maximum atomic E-state index is 12.4. The molecule has 0 saturated heterocycles. The van der Waals surface area contributed by atoms with E-state index in [0.717, 1.165) is 0 Å². The number of carbonyl (C=O) groups is 1. The van der Waals surface area contributed by atoms with Gasteiger partial charge < -0.3 is 10.1 Å². The zero-order valence-corrected chi connectivity index (χ0v) is 15.9. The Hall–Kier alpha value is -3.71. The number of rotatable bonds is 6. The average Bonchev–Trinajstić information content (AvgIpc) is 2.79. The maximum absolute atomic E-state index is 12.4. The van der Waals surface area contributed by atoms with Gasteiger partial charge in [-0.15, -0.1) is 0 Å². The van der Waals surface area contributed by atoms with Gasteiger partial charge in [0.2, 0.25) is 0 Å². The molecule has 0 aliphatic rings. The van der Waals surface area contributed by atoms with E-state index in [-0.39, 0.29) is 5.91 Å². The van der Waals surface area contributed by atoms with Gasteiger partial charge in [-0.2, -0.15) is 0 Å². The van der Waals surface area contributed by atoms with Gasteiger partial charge in [0.15, 0.2) is 0 Å². The van der Waals surface area contributed by atoms with Crippen molar-refractivity contribution in [2.24, 2.45) is 0 Å². The quantitative estimate of drug-likeness (QED) is 0.513. The van der Waals surface area contributed by atoms with Gasteiger partial charge in [0, 0.05) is 31.6 Å². The van der Waals surface area contributed by atoms with Crippen molar-refractivity contribution in [3.63, 3.8) is 0 Å². The number of aromatic nitrogens is 4. The van der Waals surface area contributed by atoms with E-state index in [4.69, 9.17) is 14.7 Å². The lowest BCUT2D eigenvalue weighted by atomic mass is 10.1. The summed E-state index contributed by atoms with van der Waals surface area (Å²) in [4.78, 5) is 30.8. The van der Waals surface area contributed by atoms with Crippen LogP contribution in [0.3, 0.4) is 0 Å². The molecule has 0 radical (unpaired) electrons. The van der Waals surface area contributed by atoms with Crippen LogP contribution in [0.2, 0.25) is 0 Å². The van der Waals surface area contributed by atoms with Gasteiger partial charge in [-0.1, -0.05) is 12.1 Å². The van der Waals surface area contributed by atoms with Crippen LogP contribution in [-0.2, 0) is 4.74 Å². The second-order valence-electron chi connectivity index (χ2n) is 6.30. The van der Waals surface area contributed by atoms with Crippen LogP contribution in [0.5, 0.6) is 0 Å². The first-order valence-corrected chi connectivity index (χ1v) is 9.18. The molecule has 1 aromatic carbocycles. The minimum absolute atomic E-state index is 0.182. The minimum Gasteiger partial charge on any atom is -0.383 e. The van der Waals surface area contributed by atoms with Crippen LogP contribution in [0.1, 0.15) is 10.4 Å². The van der Waals surface area contributed by atoms with Crippen molar-refractivity contribution in [1.29, 1.82) is 0 Å². The van der Waals surface area contributed by atoms with Crippen molar-refractivity contribution in [2.75, 3.05) is 20.3 Å². The number of ether oxygens (including phenoxy) is 1. The molecule has 1 amide bonds. The monoisotopic (exact) mass is 385 g/mol. The summed E-state index contributed by atoms with van der Waals surface area (Å²) in [6, 6.07) is 16.5. The number of fused-ring (bicyclic) bond motifs is 1. The van der Waals surface area contributed by atoms with Gasteiger partial charge in [0.25, 0.3) is 5.91 Å². The largest absolute Gasteiger partial charge is 0.383 e. The van der Waals surface area contributed by atoms with Gasteiger partial charge in [-0.25, -0.2) is 9.97 Å². The lowest BCUT2D eigenvalue weighted by Gasteiger charge is -2.10. The summed E-state index contributed by atoms with van der Waals surface area (Å²) in [5.41, 5.74) is 4.48. The van der Waals surface area contributed by atoms with E-state index in [1.807, 2.05) is 36.4 Å². The highest BCUT2D eigenvalue weighted by molar-refractivity contribution is 5.98. The first kappa shape index (κ1) is 18.6. The zero-order valence-electron chi connectivity index (χ0n) is 15.9. The van der Waals surface area contributed by atoms with Gasteiger partial charge >= 0.3 is 0 Å². The van der Waals surface area contributed by atoms with Gasteiger partial charge in [0.1, 0.15) is 11.4 Å². The number of nitrogens with zero attached hydrogens (tertiary/aromatic N) is 4. The first-order valence-electron chi connectivity index (χ1n) is 9.18. The third kappa shape index (κ3) is 4.09. The zero-order chi connectivity index (χ0) is 20.1. The van der Waals surface area contributed by atoms with Crippen LogP contribution in [0.15, 0.2) is 67.0 Å². The van der Waals surface area contributed by atoms with Crippen molar-refractivity contribution in [1.82, 2.24) is 25.3 Å². The molecule has 0 saturated carbocycles. The molecule has 0 aliphatic heterocycles. The van der Waals surface area contributed by atoms with Crippen LogP contribution >= 0.6 is 0 Å². The summed E-state index contributed by atoms with van der Waals surface area (Å²) in [6.07, 6.45) is 3.43. The Kier molecular flexibility index (Phi) is 5.49. The molecule has 0 bridgehead atoms. The van der Waals surface area contributed by atoms with Gasteiger partial charge in [0.05, 0.1) is 29.0 Å². The normalized spacial score (nSPS) is 10.8. The van der Waals surface area contributed by atoms with Crippen LogP contribution in [-0.4, -0.2) is 46.1 Å². The molecule has 4 aromatic rings. The fourth-order valence-electron chi connectivity index (χ4n) is 2.93. The number of methoxy groups -OCH3 is 1. The Balaban J connectivity index is 1.82. The predicted molar refractivity (Wildman–Crippen MR) is 110 cm³/mol. The Bertz CT molecular complexity index is 1130. The molecule has 3 heterocycles. The molecule has 144 valence electrons. The number of pyridine rings is 2. The number of hydrogen-bond acceptors (Lipinski definition) is 6. The number of nitrogens with one attached hydrogen (secondary N) is 1. The molecule has 0 spiro atoms. The fraction of sp³-hybridized carbons (Fsp3) is 0.136. The highest BCUT2D eigenvalue weighted by atomic mass is 16.5. The predicted octanol–water partition coefficient (Wildman–Crippen LogP) is 3.13. The number of benzene rings is 1. The third-order valence-corrected chi connectivity index (χ3v) is 4.33. The lowest BCUT2D eigenvalue weighted by molar-refractivity contribution is 0.0937. The average molecular weight is 385 g/mol. The summed E-state index contributed by atoms with van der Waals surface area (Å²) in [5, 5.41) is 2.81. The van der Waals surface area contributed by atoms with E-state index in [1.54, 1.807) is 37.7 Å². The summed E-state index contributed by atoms with van der Waals surface area (Å²) in [6.45, 7) is 0.896. The van der Waals surface area contributed by atoms with E-state index in [9.17, 15) is 4.79 Å². The summed E-state index contributed by atoms with van der Waals surface area (Å²) in [5.74, 6) is -0.182. The summed E-state index contributed by atoms with van der Waals surface area (Å²) < 4.78 is 4.97. The van der Waals surface area contributed by atoms with Crippen LogP contribution in [0.25, 0.3) is 33.8 Å². The Morgan fingerprint density at radius 1 is 0.897 bits per heavy atom. The minimum atomic E-state index is -0.182. The van der Waals surface area contributed by atoms with Crippen molar-refractivity contribution < 1.29 is 9.53 Å². The molecule has 0 fully saturated rings. The molecule has 4 rings (SSSR count). The number of amides is 1. The highest BCUT2D eigenvalue weighted by Gasteiger charge is 2.16. The smallest absolute Gasteiger partial charge is 0.251 e. The Morgan fingerprint density at radius 3 is 2.14 bits per heavy atom. The molecule has 7 heteroatoms. The lowest BCUT2D eigenvalue weighted by Crippen LogP contribution is -2.26. The van der Waals surface area contributed by atoms with Crippen molar-refractivity contribution >= 4 is 16.9 Å². The third-order valence-electron chi connectivity index (χ3n) is 4.33. The maximum Gasteiger partial charge on any atom is 0.251 e. The second-order valence-corrected chi connectivity index (χ2v) is 6.30. The number of carbonyl (C=O) groups excluding carboxylic acids is 1. The SMILES string of the molecule is COCCNC(=O)c1ccc2nc(-c3ccccn3)c(-c3ccccn3)nc2c1.